The second kappa shape index (κ2) is 13.0. The molecule has 0 saturated carbocycles. The zero-order valence-electron chi connectivity index (χ0n) is 24.3. The average molecular weight is 592 g/mol. The number of amides is 1. The van der Waals surface area contributed by atoms with Crippen molar-refractivity contribution in [3.63, 3.8) is 0 Å². The molecule has 1 amide bonds. The molecule has 6 heteroatoms. The number of hydrogen-bond donors (Lipinski definition) is 0. The number of fused-ring (bicyclic) bond motifs is 2. The molecule has 3 aromatic carbocycles. The van der Waals surface area contributed by atoms with Gasteiger partial charge in [-0.15, -0.1) is 0 Å². The molecule has 0 N–H and O–H groups in total. The summed E-state index contributed by atoms with van der Waals surface area (Å²) < 4.78 is 5.82. The number of likely N-dealkylation sites (N-methyl/N-ethyl adjacent to an activating group) is 1. The highest BCUT2D eigenvalue weighted by Crippen LogP contribution is 2.43. The quantitative estimate of drug-likeness (QED) is 0.239. The van der Waals surface area contributed by atoms with Gasteiger partial charge in [-0.05, 0) is 99.3 Å². The highest BCUT2D eigenvalue weighted by Gasteiger charge is 2.37. The Kier molecular flexibility index (Phi) is 9.43. The molecular formula is C35H40Cl2N2O2. The van der Waals surface area contributed by atoms with Gasteiger partial charge in [0, 0.05) is 24.9 Å². The van der Waals surface area contributed by atoms with Crippen LogP contribution < -0.4 is 4.74 Å². The van der Waals surface area contributed by atoms with E-state index in [-0.39, 0.29) is 23.3 Å². The second-order valence-corrected chi connectivity index (χ2v) is 12.7. The Balaban J connectivity index is 1.22. The first-order valence-corrected chi connectivity index (χ1v) is 15.4. The number of rotatable bonds is 10. The van der Waals surface area contributed by atoms with Gasteiger partial charge in [0.25, 0.3) is 0 Å². The van der Waals surface area contributed by atoms with E-state index in [1.54, 1.807) is 0 Å². The molecule has 0 radical (unpaired) electrons. The molecule has 1 spiro atoms. The lowest BCUT2D eigenvalue weighted by Gasteiger charge is -2.40. The lowest BCUT2D eigenvalue weighted by atomic mass is 9.74. The second-order valence-electron chi connectivity index (χ2n) is 11.8. The van der Waals surface area contributed by atoms with E-state index in [1.165, 1.54) is 11.1 Å². The molecule has 3 aromatic rings. The molecule has 1 fully saturated rings. The van der Waals surface area contributed by atoms with Gasteiger partial charge in [-0.3, -0.25) is 4.79 Å². The number of ether oxygens (including phenoxy) is 1. The Bertz CT molecular complexity index is 1390. The van der Waals surface area contributed by atoms with Gasteiger partial charge in [-0.1, -0.05) is 77.8 Å². The normalized spacial score (nSPS) is 16.6. The third kappa shape index (κ3) is 7.17. The lowest BCUT2D eigenvalue weighted by Crippen LogP contribution is -2.42. The van der Waals surface area contributed by atoms with Crippen molar-refractivity contribution in [2.24, 2.45) is 0 Å². The maximum atomic E-state index is 13.3. The van der Waals surface area contributed by atoms with Gasteiger partial charge >= 0.3 is 0 Å². The summed E-state index contributed by atoms with van der Waals surface area (Å²) in [4.78, 5) is 17.7. The van der Waals surface area contributed by atoms with Gasteiger partial charge < -0.3 is 14.5 Å². The van der Waals surface area contributed by atoms with Gasteiger partial charge in [0.05, 0.1) is 22.6 Å². The van der Waals surface area contributed by atoms with E-state index in [2.05, 4.69) is 47.4 Å². The van der Waals surface area contributed by atoms with Crippen LogP contribution in [0.4, 0.5) is 0 Å². The minimum atomic E-state index is 0.0864. The smallest absolute Gasteiger partial charge is 0.226 e. The molecule has 41 heavy (non-hydrogen) atoms. The summed E-state index contributed by atoms with van der Waals surface area (Å²) in [6, 6.07) is 22.5. The number of nitrogens with zero attached hydrogens (tertiary/aromatic N) is 2. The molecule has 0 aromatic heterocycles. The van der Waals surface area contributed by atoms with Crippen molar-refractivity contribution >= 4 is 35.2 Å². The van der Waals surface area contributed by atoms with Crippen LogP contribution in [0.2, 0.25) is 10.0 Å². The van der Waals surface area contributed by atoms with Crippen LogP contribution in [0.3, 0.4) is 0 Å². The molecule has 5 rings (SSSR count). The topological polar surface area (TPSA) is 32.8 Å². The van der Waals surface area contributed by atoms with Crippen LogP contribution in [0.5, 0.6) is 5.75 Å². The van der Waals surface area contributed by atoms with Crippen LogP contribution >= 0.6 is 23.2 Å². The van der Waals surface area contributed by atoms with Crippen LogP contribution in [0.1, 0.15) is 61.3 Å². The first-order valence-electron chi connectivity index (χ1n) is 14.7. The van der Waals surface area contributed by atoms with Crippen molar-refractivity contribution in [1.29, 1.82) is 0 Å². The van der Waals surface area contributed by atoms with Crippen molar-refractivity contribution in [1.82, 2.24) is 9.80 Å². The molecule has 216 valence electrons. The van der Waals surface area contributed by atoms with Crippen molar-refractivity contribution in [3.05, 3.63) is 105 Å². The predicted molar refractivity (Wildman–Crippen MR) is 170 cm³/mol. The zero-order chi connectivity index (χ0) is 29.0. The van der Waals surface area contributed by atoms with Gasteiger partial charge in [0.1, 0.15) is 5.75 Å². The van der Waals surface area contributed by atoms with Crippen LogP contribution in [0, 0.1) is 0 Å². The van der Waals surface area contributed by atoms with Gasteiger partial charge in [0.15, 0.2) is 0 Å². The molecule has 1 aliphatic carbocycles. The average Bonchev–Trinajstić information content (AvgIpc) is 3.31. The number of carbonyl (C=O) groups is 1. The number of piperidine rings is 1. The number of benzene rings is 3. The Morgan fingerprint density at radius 3 is 2.54 bits per heavy atom. The standard InChI is InChI=1S/C35H40Cl2N2O2/c1-25(2)41-30-9-6-7-26(21-30)22-34(40)38(3)24-29(28-11-12-32(36)33(37)23-28)14-18-39-19-16-35(17-20-39)15-13-27-8-4-5-10-31(27)35/h4-13,15,21,23,25,29H,14,16-20,22,24H2,1-3H3/t29-/m1/s1. The third-order valence-corrected chi connectivity index (χ3v) is 9.32. The monoisotopic (exact) mass is 590 g/mol. The zero-order valence-corrected chi connectivity index (χ0v) is 25.8. The fraction of sp³-hybridized carbons (Fsp3) is 0.400. The van der Waals surface area contributed by atoms with E-state index in [4.69, 9.17) is 27.9 Å². The summed E-state index contributed by atoms with van der Waals surface area (Å²) in [7, 11) is 1.90. The van der Waals surface area contributed by atoms with E-state index in [0.29, 0.717) is 23.0 Å². The third-order valence-electron chi connectivity index (χ3n) is 8.58. The SMILES string of the molecule is CC(C)Oc1cccc(CC(=O)N(C)C[C@@H](CCN2CCC3(C=Cc4ccccc43)CC2)c2ccc(Cl)c(Cl)c2)c1. The first-order chi connectivity index (χ1) is 19.7. The Morgan fingerprint density at radius 1 is 1.00 bits per heavy atom. The number of halogens is 2. The summed E-state index contributed by atoms with van der Waals surface area (Å²) >= 11 is 12.7. The van der Waals surface area contributed by atoms with Crippen molar-refractivity contribution in [2.75, 3.05) is 33.2 Å². The van der Waals surface area contributed by atoms with Crippen LogP contribution in [0.15, 0.2) is 72.8 Å². The van der Waals surface area contributed by atoms with E-state index in [9.17, 15) is 4.79 Å². The molecule has 1 aliphatic heterocycles. The summed E-state index contributed by atoms with van der Waals surface area (Å²) in [6.07, 6.45) is 8.36. The maximum Gasteiger partial charge on any atom is 0.226 e. The fourth-order valence-corrected chi connectivity index (χ4v) is 6.56. The molecule has 4 nitrogen and oxygen atoms in total. The van der Waals surface area contributed by atoms with Crippen molar-refractivity contribution in [2.45, 2.75) is 57.0 Å². The summed E-state index contributed by atoms with van der Waals surface area (Å²) in [6.45, 7) is 7.73. The summed E-state index contributed by atoms with van der Waals surface area (Å²) in [5.74, 6) is 1.03. The molecule has 0 bridgehead atoms. The number of hydrogen-bond acceptors (Lipinski definition) is 3. The molecule has 2 aliphatic rings. The van der Waals surface area contributed by atoms with Crippen molar-refractivity contribution in [3.8, 4) is 5.75 Å². The number of carbonyl (C=O) groups excluding carboxylic acids is 1. The van der Waals surface area contributed by atoms with E-state index in [1.807, 2.05) is 62.2 Å². The minimum absolute atomic E-state index is 0.0864. The molecule has 1 saturated heterocycles. The Labute approximate surface area is 254 Å². The summed E-state index contributed by atoms with van der Waals surface area (Å²) in [5, 5.41) is 1.10. The van der Waals surface area contributed by atoms with E-state index >= 15 is 0 Å². The van der Waals surface area contributed by atoms with Crippen LogP contribution in [-0.2, 0) is 16.6 Å². The van der Waals surface area contributed by atoms with Gasteiger partial charge in [0.2, 0.25) is 5.91 Å². The lowest BCUT2D eigenvalue weighted by molar-refractivity contribution is -0.129. The Hall–Kier alpha value is -2.79. The van der Waals surface area contributed by atoms with Gasteiger partial charge in [-0.25, -0.2) is 0 Å². The summed E-state index contributed by atoms with van der Waals surface area (Å²) in [5.41, 5.74) is 5.10. The van der Waals surface area contributed by atoms with Gasteiger partial charge in [-0.2, -0.15) is 0 Å². The largest absolute Gasteiger partial charge is 0.491 e. The predicted octanol–water partition coefficient (Wildman–Crippen LogP) is 8.02. The number of likely N-dealkylation sites (tertiary alicyclic amines) is 1. The number of allylic oxidation sites excluding steroid dienone is 1. The van der Waals surface area contributed by atoms with Crippen molar-refractivity contribution < 1.29 is 9.53 Å². The first kappa shape index (κ1) is 29.7. The molecule has 0 unspecified atom stereocenters. The molecule has 1 heterocycles. The fourth-order valence-electron chi connectivity index (χ4n) is 6.26. The molecule has 1 atom stereocenters. The highest BCUT2D eigenvalue weighted by molar-refractivity contribution is 6.42. The highest BCUT2D eigenvalue weighted by atomic mass is 35.5. The maximum absolute atomic E-state index is 13.3. The van der Waals surface area contributed by atoms with Crippen LogP contribution in [0.25, 0.3) is 6.08 Å². The van der Waals surface area contributed by atoms with Crippen LogP contribution in [-0.4, -0.2) is 55.0 Å². The Morgan fingerprint density at radius 2 is 1.78 bits per heavy atom. The van der Waals surface area contributed by atoms with E-state index in [0.717, 1.165) is 55.8 Å². The minimum Gasteiger partial charge on any atom is -0.491 e. The van der Waals surface area contributed by atoms with E-state index < -0.39 is 0 Å². The molecular weight excluding hydrogens is 551 g/mol.